The van der Waals surface area contributed by atoms with Crippen LogP contribution in [-0.2, 0) is 45.5 Å². The average molecular weight is 503 g/mol. The Labute approximate surface area is 198 Å². The predicted octanol–water partition coefficient (Wildman–Crippen LogP) is 7.40. The molecule has 0 saturated heterocycles. The van der Waals surface area contributed by atoms with E-state index in [1.165, 1.54) is 0 Å². The number of phenolic OH excluding ortho intramolecular Hbond substituents is 1. The number of hydrogen-bond acceptors (Lipinski definition) is 7. The summed E-state index contributed by atoms with van der Waals surface area (Å²) in [4.78, 5) is 0. The summed E-state index contributed by atoms with van der Waals surface area (Å²) in [7, 11) is -7.99. The molecule has 2 rings (SSSR count). The van der Waals surface area contributed by atoms with Gasteiger partial charge in [-0.25, -0.2) is 0 Å². The van der Waals surface area contributed by atoms with E-state index in [1.807, 2.05) is 26.8 Å². The smallest absolute Gasteiger partial charge is 0.369 e. The molecule has 0 amide bonds. The summed E-state index contributed by atoms with van der Waals surface area (Å²) in [5.41, 5.74) is 3.04. The maximum Gasteiger partial charge on any atom is 0.369 e. The van der Waals surface area contributed by atoms with Gasteiger partial charge in [-0.1, -0.05) is 20.8 Å². The van der Waals surface area contributed by atoms with Crippen LogP contribution in [0.5, 0.6) is 5.75 Å². The Balaban J connectivity index is 2.92. The van der Waals surface area contributed by atoms with Crippen molar-refractivity contribution in [2.45, 2.75) is 79.6 Å². The van der Waals surface area contributed by atoms with Crippen molar-refractivity contribution in [3.63, 3.8) is 0 Å². The molecule has 1 aliphatic rings. The van der Waals surface area contributed by atoms with Crippen LogP contribution in [0.4, 0.5) is 0 Å². The number of phenols is 1. The van der Waals surface area contributed by atoms with E-state index in [0.717, 1.165) is 47.9 Å². The highest BCUT2D eigenvalue weighted by Crippen LogP contribution is 2.74. The summed E-state index contributed by atoms with van der Waals surface area (Å²) in [5, 5.41) is 11.0. The Morgan fingerprint density at radius 3 is 1.70 bits per heavy atom. The summed E-state index contributed by atoms with van der Waals surface area (Å²) in [6.07, 6.45) is 5.08. The minimum Gasteiger partial charge on any atom is -0.507 e. The van der Waals surface area contributed by atoms with Gasteiger partial charge in [-0.05, 0) is 87.6 Å². The van der Waals surface area contributed by atoms with Crippen molar-refractivity contribution in [3.8, 4) is 5.75 Å². The maximum atomic E-state index is 13.9. The minimum atomic E-state index is -3.99. The summed E-state index contributed by atoms with van der Waals surface area (Å²) in [6.45, 7) is 13.3. The lowest BCUT2D eigenvalue weighted by atomic mass is 9.79. The molecule has 0 radical (unpaired) electrons. The van der Waals surface area contributed by atoms with Gasteiger partial charge in [-0.3, -0.25) is 9.13 Å². The lowest BCUT2D eigenvalue weighted by Crippen LogP contribution is -2.16. The molecule has 0 fully saturated rings. The van der Waals surface area contributed by atoms with E-state index >= 15 is 0 Å². The Hall–Kier alpha value is -0.940. The van der Waals surface area contributed by atoms with Crippen LogP contribution in [0.2, 0.25) is 0 Å². The molecule has 0 aliphatic heterocycles. The second-order valence-corrected chi connectivity index (χ2v) is 13.3. The van der Waals surface area contributed by atoms with Gasteiger partial charge in [0.2, 0.25) is 0 Å². The summed E-state index contributed by atoms with van der Waals surface area (Å²) in [6, 6.07) is 1.89. The van der Waals surface area contributed by atoms with Gasteiger partial charge in [0.1, 0.15) is 5.75 Å². The normalized spacial score (nSPS) is 14.8. The first kappa shape index (κ1) is 28.3. The fraction of sp³-hybridized carbons (Fsp3) is 0.667. The number of aromatic hydroxyl groups is 1. The number of fused-ring (bicyclic) bond motifs is 1. The van der Waals surface area contributed by atoms with E-state index in [2.05, 4.69) is 0 Å². The molecule has 1 aliphatic carbocycles. The molecule has 1 aromatic carbocycles. The Morgan fingerprint density at radius 2 is 1.30 bits per heavy atom. The van der Waals surface area contributed by atoms with Crippen LogP contribution < -0.4 is 0 Å². The first-order valence-corrected chi connectivity index (χ1v) is 14.9. The van der Waals surface area contributed by atoms with Gasteiger partial charge < -0.3 is 23.2 Å². The van der Waals surface area contributed by atoms with E-state index in [1.54, 1.807) is 33.8 Å². The lowest BCUT2D eigenvalue weighted by Gasteiger charge is -2.29. The Morgan fingerprint density at radius 1 is 0.879 bits per heavy atom. The van der Waals surface area contributed by atoms with Crippen LogP contribution in [0.3, 0.4) is 0 Å². The maximum absolute atomic E-state index is 13.9. The molecular formula is C24H40O7P2. The van der Waals surface area contributed by atoms with Crippen LogP contribution in [0.15, 0.2) is 11.1 Å². The van der Waals surface area contributed by atoms with Crippen molar-refractivity contribution < 1.29 is 32.3 Å². The van der Waals surface area contributed by atoms with Crippen LogP contribution in [0.25, 0.3) is 6.08 Å². The molecule has 33 heavy (non-hydrogen) atoms. The van der Waals surface area contributed by atoms with Crippen molar-refractivity contribution >= 4 is 21.3 Å². The van der Waals surface area contributed by atoms with Crippen molar-refractivity contribution in [1.82, 2.24) is 0 Å². The number of hydrogen-bond donors (Lipinski definition) is 1. The molecular weight excluding hydrogens is 462 g/mol. The van der Waals surface area contributed by atoms with Gasteiger partial charge in [0.25, 0.3) is 0 Å². The van der Waals surface area contributed by atoms with E-state index in [4.69, 9.17) is 18.1 Å². The molecule has 7 nitrogen and oxygen atoms in total. The Bertz CT molecular complexity index is 895. The van der Waals surface area contributed by atoms with Gasteiger partial charge in [-0.2, -0.15) is 0 Å². The summed E-state index contributed by atoms with van der Waals surface area (Å²) in [5.74, 6) is 0.312. The van der Waals surface area contributed by atoms with E-state index in [-0.39, 0.29) is 36.9 Å². The molecule has 0 aromatic heterocycles. The Kier molecular flexibility index (Phi) is 10.00. The third kappa shape index (κ3) is 6.39. The molecule has 0 bridgehead atoms. The minimum absolute atomic E-state index is 0.0966. The summed E-state index contributed by atoms with van der Waals surface area (Å²) >= 11 is 0. The molecule has 0 atom stereocenters. The van der Waals surface area contributed by atoms with E-state index in [0.29, 0.717) is 5.75 Å². The highest BCUT2D eigenvalue weighted by atomic mass is 31.2. The van der Waals surface area contributed by atoms with Crippen LogP contribution in [0, 0.1) is 0 Å². The van der Waals surface area contributed by atoms with Gasteiger partial charge in [0.15, 0.2) is 5.06 Å². The third-order valence-corrected chi connectivity index (χ3v) is 10.7. The van der Waals surface area contributed by atoms with Crippen LogP contribution >= 0.6 is 15.2 Å². The van der Waals surface area contributed by atoms with Crippen molar-refractivity contribution in [2.24, 2.45) is 0 Å². The van der Waals surface area contributed by atoms with Crippen LogP contribution in [-0.4, -0.2) is 31.5 Å². The molecule has 9 heteroatoms. The second kappa shape index (κ2) is 11.7. The zero-order valence-electron chi connectivity index (χ0n) is 21.1. The highest BCUT2D eigenvalue weighted by molar-refractivity contribution is 7.79. The van der Waals surface area contributed by atoms with E-state index < -0.39 is 15.2 Å². The lowest BCUT2D eigenvalue weighted by molar-refractivity contribution is 0.214. The highest BCUT2D eigenvalue weighted by Gasteiger charge is 2.45. The van der Waals surface area contributed by atoms with Gasteiger partial charge >= 0.3 is 15.2 Å². The zero-order chi connectivity index (χ0) is 24.9. The molecule has 0 saturated carbocycles. The molecule has 0 heterocycles. The number of benzene rings is 1. The second-order valence-electron chi connectivity index (χ2n) is 8.94. The standard InChI is InChI=1S/C24H40O7P2/c1-8-28-32(26,29-9-2)22(33(27,30-10-3)31-11-4)17-18-16-21(24(5,6)7)23(25)20-15-13-12-14-19(18)20/h16-17,25H,8-15H2,1-7H3. The fourth-order valence-electron chi connectivity index (χ4n) is 4.13. The van der Waals surface area contributed by atoms with Crippen LogP contribution in [0.1, 0.15) is 83.6 Å². The fourth-order valence-corrected chi connectivity index (χ4v) is 8.65. The van der Waals surface area contributed by atoms with Crippen molar-refractivity contribution in [3.05, 3.63) is 33.4 Å². The molecule has 0 unspecified atom stereocenters. The molecule has 1 aromatic rings. The molecule has 1 N–H and O–H groups in total. The largest absolute Gasteiger partial charge is 0.507 e. The third-order valence-electron chi connectivity index (χ3n) is 5.51. The zero-order valence-corrected chi connectivity index (χ0v) is 22.9. The average Bonchev–Trinajstić information content (AvgIpc) is 2.73. The summed E-state index contributed by atoms with van der Waals surface area (Å²) < 4.78 is 50.2. The molecule has 0 spiro atoms. The monoisotopic (exact) mass is 502 g/mol. The van der Waals surface area contributed by atoms with Crippen molar-refractivity contribution in [1.29, 1.82) is 0 Å². The SMILES string of the molecule is CCOP(=O)(OCC)C(=Cc1cc(C(C)(C)C)c(O)c2c1CCCC2)P(=O)(OCC)OCC. The van der Waals surface area contributed by atoms with E-state index in [9.17, 15) is 14.2 Å². The quantitative estimate of drug-likeness (QED) is 0.315. The van der Waals surface area contributed by atoms with Gasteiger partial charge in [0, 0.05) is 5.56 Å². The number of rotatable bonds is 11. The topological polar surface area (TPSA) is 91.3 Å². The predicted molar refractivity (Wildman–Crippen MR) is 133 cm³/mol. The molecule has 188 valence electrons. The first-order chi connectivity index (χ1) is 15.5. The van der Waals surface area contributed by atoms with Gasteiger partial charge in [-0.15, -0.1) is 0 Å². The first-order valence-electron chi connectivity index (χ1n) is 11.9. The van der Waals surface area contributed by atoms with Crippen molar-refractivity contribution in [2.75, 3.05) is 26.4 Å². The van der Waals surface area contributed by atoms with Gasteiger partial charge in [0.05, 0.1) is 26.4 Å².